The summed E-state index contributed by atoms with van der Waals surface area (Å²) in [6.45, 7) is 4.55. The SMILES string of the molecule is C=CCN1C(=O)[C@@]2(CC(=O)Nc3c2cnn3Cc2ccccc2Cl)c2ccccc21. The number of hydrogen-bond donors (Lipinski definition) is 1. The van der Waals surface area contributed by atoms with E-state index in [0.717, 1.165) is 16.8 Å². The van der Waals surface area contributed by atoms with Crippen molar-refractivity contribution in [1.82, 2.24) is 9.78 Å². The lowest BCUT2D eigenvalue weighted by atomic mass is 9.72. The summed E-state index contributed by atoms with van der Waals surface area (Å²) in [5.41, 5.74) is 2.13. The van der Waals surface area contributed by atoms with Crippen LogP contribution in [0.5, 0.6) is 0 Å². The molecule has 6 nitrogen and oxygen atoms in total. The number of carbonyl (C=O) groups is 2. The van der Waals surface area contributed by atoms with Crippen molar-refractivity contribution in [2.45, 2.75) is 18.4 Å². The van der Waals surface area contributed by atoms with E-state index in [1.807, 2.05) is 48.5 Å². The molecule has 1 atom stereocenters. The largest absolute Gasteiger partial charge is 0.311 e. The van der Waals surface area contributed by atoms with Gasteiger partial charge in [-0.3, -0.25) is 9.59 Å². The van der Waals surface area contributed by atoms with Crippen molar-refractivity contribution >= 4 is 34.9 Å². The van der Waals surface area contributed by atoms with Gasteiger partial charge in [-0.2, -0.15) is 5.10 Å². The van der Waals surface area contributed by atoms with Crippen molar-refractivity contribution in [2.24, 2.45) is 0 Å². The minimum atomic E-state index is -1.09. The van der Waals surface area contributed by atoms with E-state index < -0.39 is 5.41 Å². The van der Waals surface area contributed by atoms with Gasteiger partial charge in [-0.05, 0) is 23.3 Å². The Bertz CT molecular complexity index is 1200. The van der Waals surface area contributed by atoms with Gasteiger partial charge in [0.15, 0.2) is 0 Å². The van der Waals surface area contributed by atoms with E-state index in [0.29, 0.717) is 29.5 Å². The van der Waals surface area contributed by atoms with Gasteiger partial charge in [0, 0.05) is 29.2 Å². The van der Waals surface area contributed by atoms with Gasteiger partial charge in [0.05, 0.1) is 12.7 Å². The molecule has 5 rings (SSSR count). The lowest BCUT2D eigenvalue weighted by molar-refractivity contribution is -0.126. The maximum absolute atomic E-state index is 13.7. The minimum Gasteiger partial charge on any atom is -0.311 e. The van der Waals surface area contributed by atoms with E-state index in [2.05, 4.69) is 17.0 Å². The monoisotopic (exact) mass is 418 g/mol. The van der Waals surface area contributed by atoms with Crippen molar-refractivity contribution in [2.75, 3.05) is 16.8 Å². The van der Waals surface area contributed by atoms with Crippen molar-refractivity contribution in [3.63, 3.8) is 0 Å². The van der Waals surface area contributed by atoms with Crippen LogP contribution in [-0.2, 0) is 21.5 Å². The molecule has 0 saturated carbocycles. The summed E-state index contributed by atoms with van der Waals surface area (Å²) in [7, 11) is 0. The highest BCUT2D eigenvalue weighted by atomic mass is 35.5. The van der Waals surface area contributed by atoms with Crippen LogP contribution in [0.25, 0.3) is 0 Å². The number of nitrogens with one attached hydrogen (secondary N) is 1. The van der Waals surface area contributed by atoms with E-state index in [4.69, 9.17) is 11.6 Å². The third-order valence-corrected chi connectivity index (χ3v) is 6.21. The molecule has 0 unspecified atom stereocenters. The molecule has 3 aromatic rings. The van der Waals surface area contributed by atoms with E-state index in [1.54, 1.807) is 21.9 Å². The maximum atomic E-state index is 13.7. The molecule has 7 heteroatoms. The zero-order valence-corrected chi connectivity index (χ0v) is 16.9. The molecule has 0 radical (unpaired) electrons. The zero-order valence-electron chi connectivity index (χ0n) is 16.1. The molecule has 2 amide bonds. The van der Waals surface area contributed by atoms with Crippen molar-refractivity contribution < 1.29 is 9.59 Å². The fraction of sp³-hybridized carbons (Fsp3) is 0.174. The standard InChI is InChI=1S/C23H19ClN4O2/c1-2-11-27-19-10-6-4-8-16(19)23(22(27)30)12-20(29)26-21-17(23)13-25-28(21)14-15-7-3-5-9-18(15)24/h2-10,13H,1,11-12,14H2,(H,26,29)/t23-/m0/s1. The van der Waals surface area contributed by atoms with Crippen LogP contribution in [0.3, 0.4) is 0 Å². The normalized spacial score (nSPS) is 19.6. The van der Waals surface area contributed by atoms with E-state index >= 15 is 0 Å². The Morgan fingerprint density at radius 3 is 2.70 bits per heavy atom. The number of halogens is 1. The molecule has 0 aliphatic carbocycles. The van der Waals surface area contributed by atoms with Gasteiger partial charge in [0.1, 0.15) is 11.2 Å². The molecule has 0 bridgehead atoms. The second-order valence-electron chi connectivity index (χ2n) is 7.51. The first-order valence-electron chi connectivity index (χ1n) is 9.68. The second kappa shape index (κ2) is 6.85. The number of rotatable bonds is 4. The molecule has 1 aromatic heterocycles. The van der Waals surface area contributed by atoms with Crippen LogP contribution >= 0.6 is 11.6 Å². The Morgan fingerprint density at radius 1 is 1.13 bits per heavy atom. The fourth-order valence-electron chi connectivity index (χ4n) is 4.52. The Kier molecular flexibility index (Phi) is 4.25. The van der Waals surface area contributed by atoms with Crippen molar-refractivity contribution in [1.29, 1.82) is 0 Å². The summed E-state index contributed by atoms with van der Waals surface area (Å²) in [6.07, 6.45) is 3.43. The molecule has 1 N–H and O–H groups in total. The maximum Gasteiger partial charge on any atom is 0.243 e. The first-order chi connectivity index (χ1) is 14.6. The zero-order chi connectivity index (χ0) is 20.9. The minimum absolute atomic E-state index is 0.0429. The number of hydrogen-bond acceptors (Lipinski definition) is 3. The average Bonchev–Trinajstić information content (AvgIpc) is 3.24. The first kappa shape index (κ1) is 18.6. The summed E-state index contributed by atoms with van der Waals surface area (Å²) < 4.78 is 1.70. The van der Waals surface area contributed by atoms with Crippen LogP contribution in [0.4, 0.5) is 11.5 Å². The molecular formula is C23H19ClN4O2. The summed E-state index contributed by atoms with van der Waals surface area (Å²) in [5, 5.41) is 8.07. The summed E-state index contributed by atoms with van der Waals surface area (Å²) >= 11 is 6.32. The third-order valence-electron chi connectivity index (χ3n) is 5.84. The molecule has 1 spiro atoms. The van der Waals surface area contributed by atoms with Gasteiger partial charge < -0.3 is 10.2 Å². The molecule has 2 aliphatic heterocycles. The summed E-state index contributed by atoms with van der Waals surface area (Å²) in [4.78, 5) is 28.2. The van der Waals surface area contributed by atoms with Crippen LogP contribution in [0.1, 0.15) is 23.1 Å². The quantitative estimate of drug-likeness (QED) is 0.656. The number of fused-ring (bicyclic) bond motifs is 4. The molecule has 2 aromatic carbocycles. The highest BCUT2D eigenvalue weighted by Gasteiger charge is 2.56. The Morgan fingerprint density at radius 2 is 1.90 bits per heavy atom. The predicted molar refractivity (Wildman–Crippen MR) is 116 cm³/mol. The van der Waals surface area contributed by atoms with E-state index in [-0.39, 0.29) is 18.2 Å². The topological polar surface area (TPSA) is 67.2 Å². The molecule has 30 heavy (non-hydrogen) atoms. The van der Waals surface area contributed by atoms with Crippen molar-refractivity contribution in [3.05, 3.63) is 89.1 Å². The van der Waals surface area contributed by atoms with E-state index in [1.165, 1.54) is 0 Å². The number of carbonyl (C=O) groups excluding carboxylic acids is 2. The molecular weight excluding hydrogens is 400 g/mol. The Hall–Kier alpha value is -3.38. The first-order valence-corrected chi connectivity index (χ1v) is 10.1. The van der Waals surface area contributed by atoms with Crippen LogP contribution < -0.4 is 10.2 Å². The van der Waals surface area contributed by atoms with Gasteiger partial charge in [-0.15, -0.1) is 6.58 Å². The predicted octanol–water partition coefficient (Wildman–Crippen LogP) is 3.75. The lowest BCUT2D eigenvalue weighted by Gasteiger charge is -2.32. The number of anilines is 2. The van der Waals surface area contributed by atoms with Gasteiger partial charge in [0.2, 0.25) is 11.8 Å². The second-order valence-corrected chi connectivity index (χ2v) is 7.91. The van der Waals surface area contributed by atoms with Crippen LogP contribution in [0.2, 0.25) is 5.02 Å². The highest BCUT2D eigenvalue weighted by molar-refractivity contribution is 6.31. The number of amides is 2. The van der Waals surface area contributed by atoms with Gasteiger partial charge >= 0.3 is 0 Å². The van der Waals surface area contributed by atoms with Gasteiger partial charge in [0.25, 0.3) is 0 Å². The Labute approximate surface area is 178 Å². The van der Waals surface area contributed by atoms with Crippen molar-refractivity contribution in [3.8, 4) is 0 Å². The lowest BCUT2D eigenvalue weighted by Crippen LogP contribution is -2.46. The molecule has 150 valence electrons. The van der Waals surface area contributed by atoms with Gasteiger partial charge in [-0.1, -0.05) is 54.1 Å². The van der Waals surface area contributed by atoms with E-state index in [9.17, 15) is 9.59 Å². The number of para-hydroxylation sites is 1. The molecule has 0 fully saturated rings. The average molecular weight is 419 g/mol. The third kappa shape index (κ3) is 2.53. The fourth-order valence-corrected chi connectivity index (χ4v) is 4.71. The number of benzene rings is 2. The van der Waals surface area contributed by atoms with Gasteiger partial charge in [-0.25, -0.2) is 4.68 Å². The number of nitrogens with zero attached hydrogens (tertiary/aromatic N) is 3. The summed E-state index contributed by atoms with van der Waals surface area (Å²) in [5.74, 6) is 0.193. The van der Waals surface area contributed by atoms with Crippen LogP contribution in [0, 0.1) is 0 Å². The highest BCUT2D eigenvalue weighted by Crippen LogP contribution is 2.52. The number of aromatic nitrogens is 2. The Balaban J connectivity index is 1.68. The van der Waals surface area contributed by atoms with Crippen LogP contribution in [0.15, 0.2) is 67.4 Å². The smallest absolute Gasteiger partial charge is 0.243 e. The summed E-state index contributed by atoms with van der Waals surface area (Å²) in [6, 6.07) is 15.1. The molecule has 0 saturated heterocycles. The van der Waals surface area contributed by atoms with Crippen LogP contribution in [-0.4, -0.2) is 28.1 Å². The molecule has 2 aliphatic rings. The molecule has 3 heterocycles.